The van der Waals surface area contributed by atoms with Gasteiger partial charge in [0.05, 0.1) is 18.1 Å². The minimum atomic E-state index is -4.57. The molecule has 6 nitrogen and oxygen atoms in total. The van der Waals surface area contributed by atoms with Crippen LogP contribution in [-0.4, -0.2) is 55.6 Å². The van der Waals surface area contributed by atoms with Gasteiger partial charge in [0, 0.05) is 44.2 Å². The first-order chi connectivity index (χ1) is 14.3. The predicted octanol–water partition coefficient (Wildman–Crippen LogP) is 3.44. The number of ether oxygens (including phenoxy) is 1. The van der Waals surface area contributed by atoms with Gasteiger partial charge in [0.15, 0.2) is 0 Å². The van der Waals surface area contributed by atoms with Crippen LogP contribution >= 0.6 is 0 Å². The lowest BCUT2D eigenvalue weighted by Crippen LogP contribution is -2.48. The standard InChI is InChI=1S/C21H26F3N3O3/c1-2-20(29)27-10-8-26(9-11-27)18-7-6-15(13-17(18)21(22,23)24)25-19(28)14-16-5-3-4-12-30-16/h2,6-7,13,16H,1,3-5,8-12,14H2,(H,25,28). The topological polar surface area (TPSA) is 61.9 Å². The Morgan fingerprint density at radius 3 is 2.53 bits per heavy atom. The van der Waals surface area contributed by atoms with E-state index >= 15 is 0 Å². The molecule has 30 heavy (non-hydrogen) atoms. The fraction of sp³-hybridized carbons (Fsp3) is 0.524. The molecule has 2 fully saturated rings. The van der Waals surface area contributed by atoms with Crippen LogP contribution in [-0.2, 0) is 20.5 Å². The zero-order chi connectivity index (χ0) is 21.7. The van der Waals surface area contributed by atoms with Gasteiger partial charge in [0.1, 0.15) is 0 Å². The van der Waals surface area contributed by atoms with Crippen LogP contribution in [0, 0.1) is 0 Å². The molecule has 1 aromatic carbocycles. The summed E-state index contributed by atoms with van der Waals surface area (Å²) in [6.45, 7) is 5.25. The normalized spacial score (nSPS) is 20.0. The van der Waals surface area contributed by atoms with E-state index in [1.807, 2.05) is 0 Å². The first-order valence-corrected chi connectivity index (χ1v) is 10.1. The SMILES string of the molecule is C=CC(=O)N1CCN(c2ccc(NC(=O)CC3CCCCO3)cc2C(F)(F)F)CC1. The Bertz CT molecular complexity index is 783. The maximum atomic E-state index is 13.7. The van der Waals surface area contributed by atoms with Crippen LogP contribution in [0.3, 0.4) is 0 Å². The summed E-state index contributed by atoms with van der Waals surface area (Å²) in [6, 6.07) is 3.82. The third kappa shape index (κ3) is 5.53. The largest absolute Gasteiger partial charge is 0.418 e. The van der Waals surface area contributed by atoms with Gasteiger partial charge in [0.25, 0.3) is 0 Å². The lowest BCUT2D eigenvalue weighted by Gasteiger charge is -2.36. The van der Waals surface area contributed by atoms with Crippen molar-refractivity contribution in [3.63, 3.8) is 0 Å². The summed E-state index contributed by atoms with van der Waals surface area (Å²) in [5.41, 5.74) is -0.660. The number of anilines is 2. The van der Waals surface area contributed by atoms with Gasteiger partial charge in [-0.05, 0) is 43.5 Å². The van der Waals surface area contributed by atoms with E-state index in [9.17, 15) is 22.8 Å². The zero-order valence-electron chi connectivity index (χ0n) is 16.7. The molecule has 3 rings (SSSR count). The number of rotatable bonds is 5. The molecule has 0 spiro atoms. The minimum absolute atomic E-state index is 0.0433. The highest BCUT2D eigenvalue weighted by molar-refractivity contribution is 5.91. The Kier molecular flexibility index (Phi) is 7.02. The number of nitrogens with one attached hydrogen (secondary N) is 1. The Hall–Kier alpha value is -2.55. The van der Waals surface area contributed by atoms with Gasteiger partial charge in [-0.15, -0.1) is 0 Å². The molecule has 2 aliphatic rings. The van der Waals surface area contributed by atoms with E-state index in [0.29, 0.717) is 19.7 Å². The van der Waals surface area contributed by atoms with Crippen molar-refractivity contribution in [2.75, 3.05) is 43.0 Å². The molecular weight excluding hydrogens is 399 g/mol. The van der Waals surface area contributed by atoms with Gasteiger partial charge in [-0.3, -0.25) is 9.59 Å². The number of carbonyl (C=O) groups is 2. The Labute approximate surface area is 173 Å². The number of hydrogen-bond donors (Lipinski definition) is 1. The van der Waals surface area contributed by atoms with Crippen molar-refractivity contribution in [2.24, 2.45) is 0 Å². The summed E-state index contributed by atoms with van der Waals surface area (Å²) in [5, 5.41) is 2.56. The van der Waals surface area contributed by atoms with Gasteiger partial charge < -0.3 is 19.9 Å². The molecule has 1 atom stereocenters. The van der Waals surface area contributed by atoms with Crippen LogP contribution in [0.25, 0.3) is 0 Å². The van der Waals surface area contributed by atoms with Crippen LogP contribution < -0.4 is 10.2 Å². The van der Waals surface area contributed by atoms with Crippen molar-refractivity contribution in [2.45, 2.75) is 38.0 Å². The number of nitrogens with zero attached hydrogens (tertiary/aromatic N) is 2. The van der Waals surface area contributed by atoms with Crippen LogP contribution in [0.1, 0.15) is 31.2 Å². The van der Waals surface area contributed by atoms with E-state index in [1.54, 1.807) is 9.80 Å². The summed E-state index contributed by atoms with van der Waals surface area (Å²) in [7, 11) is 0. The van der Waals surface area contributed by atoms with Crippen molar-refractivity contribution in [3.8, 4) is 0 Å². The van der Waals surface area contributed by atoms with E-state index in [0.717, 1.165) is 25.3 Å². The third-order valence-electron chi connectivity index (χ3n) is 5.38. The maximum absolute atomic E-state index is 13.7. The first-order valence-electron chi connectivity index (χ1n) is 10.1. The van der Waals surface area contributed by atoms with Crippen LogP contribution in [0.4, 0.5) is 24.5 Å². The van der Waals surface area contributed by atoms with Crippen LogP contribution in [0.15, 0.2) is 30.9 Å². The molecule has 9 heteroatoms. The first kappa shape index (κ1) is 22.1. The van der Waals surface area contributed by atoms with Gasteiger partial charge in [-0.25, -0.2) is 0 Å². The lowest BCUT2D eigenvalue weighted by molar-refractivity contribution is -0.137. The molecule has 164 valence electrons. The number of halogens is 3. The second-order valence-corrected chi connectivity index (χ2v) is 7.49. The lowest BCUT2D eigenvalue weighted by atomic mass is 10.1. The molecule has 0 radical (unpaired) electrons. The van der Waals surface area contributed by atoms with E-state index in [1.165, 1.54) is 18.2 Å². The molecule has 2 heterocycles. The maximum Gasteiger partial charge on any atom is 0.418 e. The van der Waals surface area contributed by atoms with Crippen molar-refractivity contribution in [1.82, 2.24) is 4.90 Å². The second kappa shape index (κ2) is 9.51. The van der Waals surface area contributed by atoms with E-state index in [2.05, 4.69) is 11.9 Å². The van der Waals surface area contributed by atoms with Crippen molar-refractivity contribution < 1.29 is 27.5 Å². The van der Waals surface area contributed by atoms with Crippen molar-refractivity contribution in [1.29, 1.82) is 0 Å². The molecule has 1 aromatic rings. The molecule has 0 aromatic heterocycles. The van der Waals surface area contributed by atoms with Crippen LogP contribution in [0.2, 0.25) is 0 Å². The van der Waals surface area contributed by atoms with Gasteiger partial charge in [-0.2, -0.15) is 13.2 Å². The molecule has 2 aliphatic heterocycles. The fourth-order valence-electron chi connectivity index (χ4n) is 3.80. The molecular formula is C21H26F3N3O3. The summed E-state index contributed by atoms with van der Waals surface area (Å²) < 4.78 is 46.7. The number of amides is 2. The number of carbonyl (C=O) groups excluding carboxylic acids is 2. The summed E-state index contributed by atoms with van der Waals surface area (Å²) in [5.74, 6) is -0.593. The smallest absolute Gasteiger partial charge is 0.378 e. The van der Waals surface area contributed by atoms with Gasteiger partial charge >= 0.3 is 6.18 Å². The summed E-state index contributed by atoms with van der Waals surface area (Å²) in [6.07, 6.45) is -0.706. The molecule has 1 unspecified atom stereocenters. The second-order valence-electron chi connectivity index (χ2n) is 7.49. The quantitative estimate of drug-likeness (QED) is 0.735. The minimum Gasteiger partial charge on any atom is -0.378 e. The Morgan fingerprint density at radius 1 is 1.20 bits per heavy atom. The molecule has 1 N–H and O–H groups in total. The highest BCUT2D eigenvalue weighted by atomic mass is 19.4. The van der Waals surface area contributed by atoms with Gasteiger partial charge in [-0.1, -0.05) is 6.58 Å². The Balaban J connectivity index is 1.70. The van der Waals surface area contributed by atoms with Crippen molar-refractivity contribution in [3.05, 3.63) is 36.4 Å². The van der Waals surface area contributed by atoms with E-state index in [4.69, 9.17) is 4.74 Å². The summed E-state index contributed by atoms with van der Waals surface area (Å²) >= 11 is 0. The molecule has 2 saturated heterocycles. The van der Waals surface area contributed by atoms with Crippen LogP contribution in [0.5, 0.6) is 0 Å². The number of hydrogen-bond acceptors (Lipinski definition) is 4. The predicted molar refractivity (Wildman–Crippen MR) is 107 cm³/mol. The zero-order valence-corrected chi connectivity index (χ0v) is 16.7. The molecule has 0 aliphatic carbocycles. The number of piperazine rings is 1. The highest BCUT2D eigenvalue weighted by Crippen LogP contribution is 2.38. The van der Waals surface area contributed by atoms with Crippen molar-refractivity contribution >= 4 is 23.2 Å². The average Bonchev–Trinajstić information content (AvgIpc) is 2.73. The molecule has 0 bridgehead atoms. The number of benzene rings is 1. The van der Waals surface area contributed by atoms with Gasteiger partial charge in [0.2, 0.25) is 11.8 Å². The molecule has 2 amide bonds. The Morgan fingerprint density at radius 2 is 1.93 bits per heavy atom. The third-order valence-corrected chi connectivity index (χ3v) is 5.38. The molecule has 0 saturated carbocycles. The number of alkyl halides is 3. The monoisotopic (exact) mass is 425 g/mol. The van der Waals surface area contributed by atoms with E-state index < -0.39 is 11.7 Å². The highest BCUT2D eigenvalue weighted by Gasteiger charge is 2.36. The van der Waals surface area contributed by atoms with E-state index in [-0.39, 0.29) is 48.8 Å². The average molecular weight is 425 g/mol. The fourth-order valence-corrected chi connectivity index (χ4v) is 3.80. The summed E-state index contributed by atoms with van der Waals surface area (Å²) in [4.78, 5) is 27.1.